The van der Waals surface area contributed by atoms with E-state index >= 15 is 0 Å². The van der Waals surface area contributed by atoms with Gasteiger partial charge in [-0.2, -0.15) is 0 Å². The molecule has 0 atom stereocenters. The highest BCUT2D eigenvalue weighted by Crippen LogP contribution is 2.19. The van der Waals surface area contributed by atoms with E-state index in [0.717, 1.165) is 56.4 Å². The SMILES string of the molecule is CSc1nccn1-c1cccc(C(=O)NCCCCN2CCN(c3ccccc3)CC2)c1. The third kappa shape index (κ3) is 5.72. The van der Waals surface area contributed by atoms with E-state index in [1.165, 1.54) is 5.69 Å². The Hall–Kier alpha value is -2.77. The van der Waals surface area contributed by atoms with E-state index in [-0.39, 0.29) is 5.91 Å². The number of amides is 1. The maximum Gasteiger partial charge on any atom is 0.251 e. The molecule has 2 heterocycles. The van der Waals surface area contributed by atoms with Crippen LogP contribution in [0.4, 0.5) is 5.69 Å². The summed E-state index contributed by atoms with van der Waals surface area (Å²) in [6.45, 7) is 6.14. The standard InChI is InChI=1S/C25H31N5OS/c1-32-25-27-13-15-30(25)23-11-7-8-21(20-23)24(31)26-12-5-6-14-28-16-18-29(19-17-28)22-9-3-2-4-10-22/h2-4,7-11,13,15,20H,5-6,12,14,16-19H2,1H3,(H,26,31). The van der Waals surface area contributed by atoms with Crippen molar-refractivity contribution in [3.63, 3.8) is 0 Å². The minimum atomic E-state index is -0.0193. The number of hydrogen-bond donors (Lipinski definition) is 1. The van der Waals surface area contributed by atoms with E-state index in [1.807, 2.05) is 41.3 Å². The van der Waals surface area contributed by atoms with Crippen molar-refractivity contribution in [2.75, 3.05) is 50.4 Å². The summed E-state index contributed by atoms with van der Waals surface area (Å²) >= 11 is 1.59. The summed E-state index contributed by atoms with van der Waals surface area (Å²) in [5.74, 6) is -0.0193. The van der Waals surface area contributed by atoms with Gasteiger partial charge in [-0.15, -0.1) is 0 Å². The summed E-state index contributed by atoms with van der Waals surface area (Å²) in [7, 11) is 0. The summed E-state index contributed by atoms with van der Waals surface area (Å²) in [5, 5.41) is 3.98. The van der Waals surface area contributed by atoms with Gasteiger partial charge >= 0.3 is 0 Å². The van der Waals surface area contributed by atoms with Gasteiger partial charge in [-0.1, -0.05) is 36.0 Å². The van der Waals surface area contributed by atoms with Gasteiger partial charge < -0.3 is 10.2 Å². The predicted molar refractivity (Wildman–Crippen MR) is 132 cm³/mol. The van der Waals surface area contributed by atoms with Crippen LogP contribution in [0.2, 0.25) is 0 Å². The number of thioether (sulfide) groups is 1. The van der Waals surface area contributed by atoms with Gasteiger partial charge in [0.05, 0.1) is 0 Å². The number of carbonyl (C=O) groups excluding carboxylic acids is 1. The molecule has 1 N–H and O–H groups in total. The second-order valence-electron chi connectivity index (χ2n) is 7.96. The number of carbonyl (C=O) groups is 1. The number of imidazole rings is 1. The monoisotopic (exact) mass is 449 g/mol. The van der Waals surface area contributed by atoms with Crippen molar-refractivity contribution in [1.82, 2.24) is 19.8 Å². The summed E-state index contributed by atoms with van der Waals surface area (Å²) in [6, 6.07) is 18.3. The summed E-state index contributed by atoms with van der Waals surface area (Å²) in [5.41, 5.74) is 2.95. The Morgan fingerprint density at radius 1 is 1.00 bits per heavy atom. The van der Waals surface area contributed by atoms with Gasteiger partial charge in [-0.05, 0) is 56.0 Å². The molecule has 168 valence electrons. The fourth-order valence-electron chi connectivity index (χ4n) is 4.07. The zero-order chi connectivity index (χ0) is 22.2. The Bertz CT molecular complexity index is 998. The lowest BCUT2D eigenvalue weighted by Crippen LogP contribution is -2.46. The van der Waals surface area contributed by atoms with Crippen LogP contribution in [0.25, 0.3) is 5.69 Å². The molecule has 0 saturated carbocycles. The number of nitrogens with one attached hydrogen (secondary N) is 1. The first kappa shape index (κ1) is 22.4. The molecule has 1 saturated heterocycles. The van der Waals surface area contributed by atoms with Gasteiger partial charge in [-0.3, -0.25) is 14.3 Å². The number of rotatable bonds is 9. The van der Waals surface area contributed by atoms with Crippen LogP contribution in [0.15, 0.2) is 72.1 Å². The second-order valence-corrected chi connectivity index (χ2v) is 8.73. The molecule has 0 radical (unpaired) electrons. The van der Waals surface area contributed by atoms with Gasteiger partial charge in [0.25, 0.3) is 5.91 Å². The van der Waals surface area contributed by atoms with Gasteiger partial charge in [0.15, 0.2) is 5.16 Å². The summed E-state index contributed by atoms with van der Waals surface area (Å²) in [4.78, 5) is 21.9. The number of anilines is 1. The number of unbranched alkanes of at least 4 members (excludes halogenated alkanes) is 1. The van der Waals surface area contributed by atoms with Crippen LogP contribution < -0.4 is 10.2 Å². The molecule has 0 aliphatic carbocycles. The normalized spacial score (nSPS) is 14.5. The molecule has 0 bridgehead atoms. The molecule has 1 fully saturated rings. The molecule has 1 amide bonds. The molecule has 0 unspecified atom stereocenters. The van der Waals surface area contributed by atoms with E-state index in [2.05, 4.69) is 50.4 Å². The first-order valence-corrected chi connectivity index (χ1v) is 12.5. The van der Waals surface area contributed by atoms with E-state index in [4.69, 9.17) is 0 Å². The Morgan fingerprint density at radius 2 is 1.78 bits per heavy atom. The number of nitrogens with zero attached hydrogens (tertiary/aromatic N) is 4. The zero-order valence-electron chi connectivity index (χ0n) is 18.6. The first-order chi connectivity index (χ1) is 15.7. The van der Waals surface area contributed by atoms with Crippen LogP contribution in [0.1, 0.15) is 23.2 Å². The average Bonchev–Trinajstić information content (AvgIpc) is 3.34. The molecule has 7 heteroatoms. The predicted octanol–water partition coefficient (Wildman–Crippen LogP) is 3.93. The van der Waals surface area contributed by atoms with Crippen LogP contribution >= 0.6 is 11.8 Å². The van der Waals surface area contributed by atoms with Crippen LogP contribution in [0, 0.1) is 0 Å². The molecule has 6 nitrogen and oxygen atoms in total. The highest BCUT2D eigenvalue weighted by Gasteiger charge is 2.16. The molecule has 1 aliphatic rings. The van der Waals surface area contributed by atoms with E-state index < -0.39 is 0 Å². The van der Waals surface area contributed by atoms with Crippen molar-refractivity contribution in [3.05, 3.63) is 72.6 Å². The molecule has 1 aromatic heterocycles. The topological polar surface area (TPSA) is 53.4 Å². The lowest BCUT2D eigenvalue weighted by atomic mass is 10.2. The average molecular weight is 450 g/mol. The Kier molecular flexibility index (Phi) is 7.85. The number of para-hydroxylation sites is 1. The van der Waals surface area contributed by atoms with Crippen molar-refractivity contribution in [2.45, 2.75) is 18.0 Å². The van der Waals surface area contributed by atoms with Crippen LogP contribution in [-0.4, -0.2) is 65.9 Å². The summed E-state index contributed by atoms with van der Waals surface area (Å²) < 4.78 is 2.00. The maximum atomic E-state index is 12.6. The lowest BCUT2D eigenvalue weighted by molar-refractivity contribution is 0.0952. The largest absolute Gasteiger partial charge is 0.369 e. The van der Waals surface area contributed by atoms with Gasteiger partial charge in [0, 0.05) is 62.1 Å². The minimum absolute atomic E-state index is 0.0193. The molecule has 3 aromatic rings. The minimum Gasteiger partial charge on any atom is -0.369 e. The van der Waals surface area contributed by atoms with Crippen molar-refractivity contribution < 1.29 is 4.79 Å². The number of aromatic nitrogens is 2. The molecule has 4 rings (SSSR count). The molecule has 0 spiro atoms. The van der Waals surface area contributed by atoms with Crippen molar-refractivity contribution >= 4 is 23.4 Å². The Morgan fingerprint density at radius 3 is 2.56 bits per heavy atom. The van der Waals surface area contributed by atoms with E-state index in [1.54, 1.807) is 18.0 Å². The number of piperazine rings is 1. The highest BCUT2D eigenvalue weighted by atomic mass is 32.2. The number of benzene rings is 2. The van der Waals surface area contributed by atoms with E-state index in [0.29, 0.717) is 12.1 Å². The zero-order valence-corrected chi connectivity index (χ0v) is 19.4. The molecule has 1 aliphatic heterocycles. The molecular weight excluding hydrogens is 418 g/mol. The number of hydrogen-bond acceptors (Lipinski definition) is 5. The summed E-state index contributed by atoms with van der Waals surface area (Å²) in [6.07, 6.45) is 7.78. The molecule has 32 heavy (non-hydrogen) atoms. The Balaban J connectivity index is 1.17. The van der Waals surface area contributed by atoms with Crippen molar-refractivity contribution in [3.8, 4) is 5.69 Å². The quantitative estimate of drug-likeness (QED) is 0.396. The fraction of sp³-hybridized carbons (Fsp3) is 0.360. The maximum absolute atomic E-state index is 12.6. The van der Waals surface area contributed by atoms with Gasteiger partial charge in [0.2, 0.25) is 0 Å². The second kappa shape index (κ2) is 11.2. The van der Waals surface area contributed by atoms with Crippen molar-refractivity contribution in [1.29, 1.82) is 0 Å². The first-order valence-electron chi connectivity index (χ1n) is 11.2. The highest BCUT2D eigenvalue weighted by molar-refractivity contribution is 7.98. The van der Waals surface area contributed by atoms with Gasteiger partial charge in [0.1, 0.15) is 0 Å². The van der Waals surface area contributed by atoms with Crippen LogP contribution in [0.5, 0.6) is 0 Å². The lowest BCUT2D eigenvalue weighted by Gasteiger charge is -2.36. The van der Waals surface area contributed by atoms with Crippen molar-refractivity contribution in [2.24, 2.45) is 0 Å². The van der Waals surface area contributed by atoms with Crippen LogP contribution in [-0.2, 0) is 0 Å². The Labute approximate surface area is 194 Å². The van der Waals surface area contributed by atoms with Gasteiger partial charge in [-0.25, -0.2) is 4.98 Å². The molecular formula is C25H31N5OS. The van der Waals surface area contributed by atoms with Crippen LogP contribution in [0.3, 0.4) is 0 Å². The third-order valence-corrected chi connectivity index (χ3v) is 6.52. The third-order valence-electron chi connectivity index (χ3n) is 5.86. The van der Waals surface area contributed by atoms with E-state index in [9.17, 15) is 4.79 Å². The molecule has 2 aromatic carbocycles. The fourth-order valence-corrected chi connectivity index (χ4v) is 4.60. The smallest absolute Gasteiger partial charge is 0.251 e.